The zero-order chi connectivity index (χ0) is 43.1. The maximum atomic E-state index is 12.9. The summed E-state index contributed by atoms with van der Waals surface area (Å²) >= 11 is 14.3. The van der Waals surface area contributed by atoms with Gasteiger partial charge in [-0.3, -0.25) is 19.2 Å². The van der Waals surface area contributed by atoms with Crippen LogP contribution in [-0.2, 0) is 28.7 Å². The van der Waals surface area contributed by atoms with Crippen molar-refractivity contribution in [1.82, 2.24) is 10.6 Å². The molecule has 60 heavy (non-hydrogen) atoms. The van der Waals surface area contributed by atoms with Gasteiger partial charge in [-0.05, 0) is 63.1 Å². The molecule has 2 aliphatic heterocycles. The molecule has 2 heterocycles. The van der Waals surface area contributed by atoms with Gasteiger partial charge in [-0.2, -0.15) is 0 Å². The zero-order valence-corrected chi connectivity index (χ0v) is 35.2. The number of benzene rings is 4. The number of fused-ring (bicyclic) bond motifs is 2. The quantitative estimate of drug-likeness (QED) is 0.102. The van der Waals surface area contributed by atoms with Crippen molar-refractivity contribution in [3.63, 3.8) is 0 Å². The number of amides is 2. The molecule has 4 aromatic carbocycles. The molecule has 0 radical (unpaired) electrons. The predicted octanol–water partition coefficient (Wildman–Crippen LogP) is 5.25. The molecule has 0 bridgehead atoms. The SMILES string of the molecule is CC(C)OC(=O)[C@H](CO)NCCN1C(=O)COc2cc(-c3cccc(-c4cccc(-c5ccc6c(c5)OCC(=O)N6CCN[C@@H](CO)C(=O)OC(C)C)c4Cl)c3Cl)ccc21. The van der Waals surface area contributed by atoms with Crippen LogP contribution in [0.5, 0.6) is 11.5 Å². The minimum absolute atomic E-state index is 0.174. The van der Waals surface area contributed by atoms with Crippen LogP contribution < -0.4 is 29.9 Å². The molecule has 0 spiro atoms. The summed E-state index contributed by atoms with van der Waals surface area (Å²) in [5.41, 5.74) is 5.42. The van der Waals surface area contributed by atoms with Crippen LogP contribution in [0.2, 0.25) is 10.0 Å². The summed E-state index contributed by atoms with van der Waals surface area (Å²) in [7, 11) is 0. The Morgan fingerprint density at radius 2 is 1.03 bits per heavy atom. The highest BCUT2D eigenvalue weighted by molar-refractivity contribution is 6.39. The van der Waals surface area contributed by atoms with Crippen LogP contribution >= 0.6 is 23.2 Å². The smallest absolute Gasteiger partial charge is 0.325 e. The third kappa shape index (κ3) is 10.0. The van der Waals surface area contributed by atoms with Gasteiger partial charge in [0, 0.05) is 48.4 Å². The number of anilines is 2. The van der Waals surface area contributed by atoms with Crippen molar-refractivity contribution in [1.29, 1.82) is 0 Å². The fraction of sp³-hybridized carbons (Fsp3) is 0.364. The highest BCUT2D eigenvalue weighted by Gasteiger charge is 2.29. The number of esters is 2. The molecule has 318 valence electrons. The van der Waals surface area contributed by atoms with Gasteiger partial charge in [0.25, 0.3) is 11.8 Å². The molecule has 4 N–H and O–H groups in total. The third-order valence-corrected chi connectivity index (χ3v) is 10.6. The van der Waals surface area contributed by atoms with E-state index in [1.807, 2.05) is 60.7 Å². The van der Waals surface area contributed by atoms with E-state index in [0.29, 0.717) is 55.2 Å². The van der Waals surface area contributed by atoms with E-state index in [-0.39, 0.29) is 63.4 Å². The highest BCUT2D eigenvalue weighted by atomic mass is 35.5. The summed E-state index contributed by atoms with van der Waals surface area (Å²) < 4.78 is 22.1. The maximum Gasteiger partial charge on any atom is 0.325 e. The molecular weight excluding hydrogens is 815 g/mol. The van der Waals surface area contributed by atoms with Gasteiger partial charge in [0.05, 0.1) is 46.8 Å². The van der Waals surface area contributed by atoms with Crippen LogP contribution in [-0.4, -0.2) is 111 Å². The fourth-order valence-electron chi connectivity index (χ4n) is 6.94. The summed E-state index contributed by atoms with van der Waals surface area (Å²) in [4.78, 5) is 53.6. The Kier molecular flexibility index (Phi) is 14.7. The number of nitrogens with one attached hydrogen (secondary N) is 2. The Morgan fingerprint density at radius 1 is 0.650 bits per heavy atom. The summed E-state index contributed by atoms with van der Waals surface area (Å²) in [6.07, 6.45) is -0.658. The van der Waals surface area contributed by atoms with E-state index >= 15 is 0 Å². The van der Waals surface area contributed by atoms with Crippen LogP contribution in [0.3, 0.4) is 0 Å². The lowest BCUT2D eigenvalue weighted by Crippen LogP contribution is -2.47. The number of halogens is 2. The lowest BCUT2D eigenvalue weighted by Gasteiger charge is -2.30. The van der Waals surface area contributed by atoms with Crippen LogP contribution in [0.4, 0.5) is 11.4 Å². The standard InChI is InChI=1S/C44H48Cl2N4O10/c1-25(2)59-43(55)33(21-51)47-15-17-49-35-13-11-27(19-37(35)57-23-39(49)53)29-7-5-9-31(41(29)45)32-10-6-8-30(42(32)46)28-12-14-36-38(20-28)58-24-40(54)50(36)18-16-48-34(22-52)44(56)60-26(3)4/h5-14,19-20,25-26,33-34,47-48,51-52H,15-18,21-24H2,1-4H3/t33-,34-/m0/s1. The van der Waals surface area contributed by atoms with Crippen LogP contribution in [0.1, 0.15) is 27.7 Å². The molecule has 0 aliphatic carbocycles. The Bertz CT molecular complexity index is 2080. The van der Waals surface area contributed by atoms with E-state index in [4.69, 9.17) is 42.1 Å². The molecule has 0 saturated heterocycles. The molecule has 0 fully saturated rings. The average Bonchev–Trinajstić information content (AvgIpc) is 3.22. The van der Waals surface area contributed by atoms with Gasteiger partial charge in [-0.25, -0.2) is 0 Å². The van der Waals surface area contributed by atoms with Crippen LogP contribution in [0.15, 0.2) is 72.8 Å². The molecule has 2 amide bonds. The summed E-state index contributed by atoms with van der Waals surface area (Å²) in [5, 5.41) is 26.2. The van der Waals surface area contributed by atoms with E-state index in [0.717, 1.165) is 11.1 Å². The maximum absolute atomic E-state index is 12.9. The molecule has 16 heteroatoms. The first-order valence-electron chi connectivity index (χ1n) is 19.6. The number of hydrogen-bond donors (Lipinski definition) is 4. The zero-order valence-electron chi connectivity index (χ0n) is 33.7. The van der Waals surface area contributed by atoms with E-state index in [1.54, 1.807) is 49.6 Å². The minimum Gasteiger partial charge on any atom is -0.482 e. The number of carbonyl (C=O) groups excluding carboxylic acids is 4. The van der Waals surface area contributed by atoms with Crippen molar-refractivity contribution in [2.24, 2.45) is 0 Å². The van der Waals surface area contributed by atoms with Gasteiger partial charge >= 0.3 is 11.9 Å². The van der Waals surface area contributed by atoms with Gasteiger partial charge in [-0.1, -0.05) is 71.7 Å². The van der Waals surface area contributed by atoms with Gasteiger partial charge < -0.3 is 49.6 Å². The number of nitrogens with zero attached hydrogens (tertiary/aromatic N) is 2. The summed E-state index contributed by atoms with van der Waals surface area (Å²) in [6, 6.07) is 20.4. The summed E-state index contributed by atoms with van der Waals surface area (Å²) in [6.45, 7) is 6.55. The molecule has 2 aliphatic rings. The minimum atomic E-state index is -0.921. The monoisotopic (exact) mass is 862 g/mol. The fourth-order valence-corrected chi connectivity index (χ4v) is 7.61. The molecule has 0 unspecified atom stereocenters. The van der Waals surface area contributed by atoms with Gasteiger partial charge in [0.15, 0.2) is 13.2 Å². The van der Waals surface area contributed by atoms with Gasteiger partial charge in [0.2, 0.25) is 0 Å². The first kappa shape index (κ1) is 44.3. The Labute approximate surface area is 358 Å². The first-order valence-corrected chi connectivity index (χ1v) is 20.4. The van der Waals surface area contributed by atoms with E-state index in [9.17, 15) is 29.4 Å². The lowest BCUT2D eigenvalue weighted by atomic mass is 9.95. The van der Waals surface area contributed by atoms with Crippen LogP contribution in [0.25, 0.3) is 33.4 Å². The highest BCUT2D eigenvalue weighted by Crippen LogP contribution is 2.45. The molecule has 2 atom stereocenters. The Hall–Kier alpha value is -5.22. The number of carbonyl (C=O) groups is 4. The largest absolute Gasteiger partial charge is 0.482 e. The second-order valence-electron chi connectivity index (χ2n) is 14.7. The Morgan fingerprint density at radius 3 is 1.40 bits per heavy atom. The molecule has 4 aromatic rings. The van der Waals surface area contributed by atoms with Gasteiger partial charge in [0.1, 0.15) is 23.6 Å². The average molecular weight is 864 g/mol. The number of ether oxygens (including phenoxy) is 4. The van der Waals surface area contributed by atoms with Crippen molar-refractivity contribution in [2.45, 2.75) is 52.0 Å². The topological polar surface area (TPSA) is 176 Å². The first-order chi connectivity index (χ1) is 28.8. The molecule has 14 nitrogen and oxygen atoms in total. The van der Waals surface area contributed by atoms with Crippen molar-refractivity contribution >= 4 is 58.3 Å². The second-order valence-corrected chi connectivity index (χ2v) is 15.5. The van der Waals surface area contributed by atoms with Crippen LogP contribution in [0, 0.1) is 0 Å². The van der Waals surface area contributed by atoms with Crippen molar-refractivity contribution < 1.29 is 48.3 Å². The normalized spacial score (nSPS) is 14.6. The van der Waals surface area contributed by atoms with Crippen molar-refractivity contribution in [2.75, 3.05) is 62.4 Å². The van der Waals surface area contributed by atoms with E-state index in [1.165, 1.54) is 0 Å². The Balaban J connectivity index is 1.19. The van der Waals surface area contributed by atoms with E-state index < -0.39 is 37.2 Å². The lowest BCUT2D eigenvalue weighted by molar-refractivity contribution is -0.152. The summed E-state index contributed by atoms with van der Waals surface area (Å²) in [5.74, 6) is -0.667. The molecule has 6 rings (SSSR count). The number of aliphatic hydroxyl groups is 2. The van der Waals surface area contributed by atoms with E-state index in [2.05, 4.69) is 10.6 Å². The molecular formula is C44H48Cl2N4O10. The van der Waals surface area contributed by atoms with Crippen molar-refractivity contribution in [3.05, 3.63) is 82.8 Å². The number of rotatable bonds is 17. The van der Waals surface area contributed by atoms with Crippen molar-refractivity contribution in [3.8, 4) is 44.9 Å². The second kappa shape index (κ2) is 19.9. The predicted molar refractivity (Wildman–Crippen MR) is 229 cm³/mol. The number of aliphatic hydroxyl groups excluding tert-OH is 2. The number of hydrogen-bond acceptors (Lipinski definition) is 12. The third-order valence-electron chi connectivity index (χ3n) is 9.81. The molecule has 0 aromatic heterocycles. The molecule has 0 saturated carbocycles. The van der Waals surface area contributed by atoms with Gasteiger partial charge in [-0.15, -0.1) is 0 Å².